The number of hydrogen-bond donors (Lipinski definition) is 3. The van der Waals surface area contributed by atoms with Gasteiger partial charge in [-0.25, -0.2) is 4.99 Å². The molecule has 1 aromatic heterocycles. The van der Waals surface area contributed by atoms with Crippen LogP contribution in [0.25, 0.3) is 0 Å². The number of rotatable bonds is 6. The number of aryl methyl sites for hydroxylation is 2. The van der Waals surface area contributed by atoms with Crippen LogP contribution in [0.2, 0.25) is 0 Å². The van der Waals surface area contributed by atoms with Crippen molar-refractivity contribution < 1.29 is 4.79 Å². The summed E-state index contributed by atoms with van der Waals surface area (Å²) in [6.45, 7) is 0.597. The van der Waals surface area contributed by atoms with Gasteiger partial charge in [0, 0.05) is 23.8 Å². The summed E-state index contributed by atoms with van der Waals surface area (Å²) in [6.07, 6.45) is 6.90. The Labute approximate surface area is 192 Å². The van der Waals surface area contributed by atoms with Crippen LogP contribution in [0.3, 0.4) is 0 Å². The summed E-state index contributed by atoms with van der Waals surface area (Å²) in [4.78, 5) is 16.5. The van der Waals surface area contributed by atoms with Crippen molar-refractivity contribution in [2.75, 3.05) is 10.6 Å². The lowest BCUT2D eigenvalue weighted by Gasteiger charge is -2.09. The second kappa shape index (κ2) is 10.2. The number of nitrogens with two attached hydrogens (primary N) is 1. The van der Waals surface area contributed by atoms with Crippen LogP contribution >= 0.6 is 24.0 Å². The Kier molecular flexibility index (Phi) is 7.45. The highest BCUT2D eigenvalue weighted by molar-refractivity contribution is 14.0. The third-order valence-corrected chi connectivity index (χ3v) is 4.88. The molecule has 8 heteroatoms. The minimum atomic E-state index is -0.132. The summed E-state index contributed by atoms with van der Waals surface area (Å²) in [5.41, 5.74) is 11.5. The first-order chi connectivity index (χ1) is 14.2. The molecule has 0 aliphatic heterocycles. The molecule has 0 bridgehead atoms. The maximum absolute atomic E-state index is 12.1. The Morgan fingerprint density at radius 3 is 2.73 bits per heavy atom. The molecule has 1 aliphatic rings. The van der Waals surface area contributed by atoms with Gasteiger partial charge in [0.2, 0.25) is 5.91 Å². The zero-order valence-electron chi connectivity index (χ0n) is 16.5. The van der Waals surface area contributed by atoms with Crippen LogP contribution in [0.1, 0.15) is 23.1 Å². The maximum atomic E-state index is 12.1. The molecule has 7 nitrogen and oxygen atoms in total. The molecule has 0 spiro atoms. The number of aromatic nitrogens is 2. The monoisotopic (exact) mass is 516 g/mol. The molecule has 30 heavy (non-hydrogen) atoms. The van der Waals surface area contributed by atoms with Crippen molar-refractivity contribution in [3.05, 3.63) is 77.6 Å². The number of aliphatic imine (C=N–C) groups is 1. The van der Waals surface area contributed by atoms with Gasteiger partial charge in [-0.3, -0.25) is 9.48 Å². The van der Waals surface area contributed by atoms with Gasteiger partial charge in [-0.1, -0.05) is 18.2 Å². The molecule has 4 N–H and O–H groups in total. The SMILES string of the molecule is I.NC(=NCc1cccc(NC(=O)Cn2cccn2)c1)Nc1ccc2c(c1)CCC2. The average Bonchev–Trinajstić information content (AvgIpc) is 3.38. The van der Waals surface area contributed by atoms with E-state index in [1.54, 1.807) is 23.1 Å². The first-order valence-corrected chi connectivity index (χ1v) is 9.71. The molecule has 1 aliphatic carbocycles. The number of carbonyl (C=O) groups excluding carboxylic acids is 1. The third kappa shape index (κ3) is 5.82. The molecule has 1 heterocycles. The minimum Gasteiger partial charge on any atom is -0.370 e. The van der Waals surface area contributed by atoms with Crippen LogP contribution < -0.4 is 16.4 Å². The van der Waals surface area contributed by atoms with E-state index in [1.165, 1.54) is 17.5 Å². The van der Waals surface area contributed by atoms with Crippen molar-refractivity contribution in [2.24, 2.45) is 10.7 Å². The Hall–Kier alpha value is -2.88. The van der Waals surface area contributed by atoms with Gasteiger partial charge >= 0.3 is 0 Å². The first kappa shape index (κ1) is 21.8. The Balaban J connectivity index is 0.00000256. The summed E-state index contributed by atoms with van der Waals surface area (Å²) in [7, 11) is 0. The standard InChI is InChI=1S/C22H24N6O.HI/c23-22(27-20-9-8-17-5-2-6-18(17)13-20)24-14-16-4-1-7-19(12-16)26-21(29)15-28-11-3-10-25-28;/h1,3-4,7-13H,2,5-6,14-15H2,(H,26,29)(H3,23,24,27);1H. The first-order valence-electron chi connectivity index (χ1n) is 9.71. The molecule has 0 saturated carbocycles. The number of fused-ring (bicyclic) bond motifs is 1. The number of hydrogen-bond acceptors (Lipinski definition) is 3. The summed E-state index contributed by atoms with van der Waals surface area (Å²) in [5, 5.41) is 10.1. The summed E-state index contributed by atoms with van der Waals surface area (Å²) in [6, 6.07) is 15.7. The van der Waals surface area contributed by atoms with Crippen molar-refractivity contribution in [1.29, 1.82) is 0 Å². The van der Waals surface area contributed by atoms with E-state index in [4.69, 9.17) is 5.73 Å². The number of anilines is 2. The van der Waals surface area contributed by atoms with Crippen LogP contribution in [0.5, 0.6) is 0 Å². The topological polar surface area (TPSA) is 97.3 Å². The van der Waals surface area contributed by atoms with Gasteiger partial charge in [0.05, 0.1) is 6.54 Å². The maximum Gasteiger partial charge on any atom is 0.246 e. The van der Waals surface area contributed by atoms with Gasteiger partial charge < -0.3 is 16.4 Å². The van der Waals surface area contributed by atoms with E-state index in [9.17, 15) is 4.79 Å². The molecule has 0 fully saturated rings. The second-order valence-corrected chi connectivity index (χ2v) is 7.12. The molecule has 0 radical (unpaired) electrons. The van der Waals surface area contributed by atoms with Crippen molar-refractivity contribution in [2.45, 2.75) is 32.4 Å². The lowest BCUT2D eigenvalue weighted by molar-refractivity contribution is -0.116. The largest absolute Gasteiger partial charge is 0.370 e. The predicted molar refractivity (Wildman–Crippen MR) is 130 cm³/mol. The van der Waals surface area contributed by atoms with Gasteiger partial charge in [-0.05, 0) is 66.3 Å². The molecule has 0 unspecified atom stereocenters. The fourth-order valence-corrected chi connectivity index (χ4v) is 3.50. The zero-order valence-corrected chi connectivity index (χ0v) is 18.9. The Bertz CT molecular complexity index is 1030. The van der Waals surface area contributed by atoms with Gasteiger partial charge in [0.15, 0.2) is 5.96 Å². The lowest BCUT2D eigenvalue weighted by atomic mass is 10.1. The minimum absolute atomic E-state index is 0. The number of carbonyl (C=O) groups is 1. The fraction of sp³-hybridized carbons (Fsp3) is 0.227. The number of nitrogens with one attached hydrogen (secondary N) is 2. The average molecular weight is 516 g/mol. The fourth-order valence-electron chi connectivity index (χ4n) is 3.50. The van der Waals surface area contributed by atoms with E-state index >= 15 is 0 Å². The highest BCUT2D eigenvalue weighted by Crippen LogP contribution is 2.24. The molecule has 4 rings (SSSR count). The molecule has 3 aromatic rings. The summed E-state index contributed by atoms with van der Waals surface area (Å²) < 4.78 is 1.58. The summed E-state index contributed by atoms with van der Waals surface area (Å²) in [5.74, 6) is 0.239. The molecular formula is C22H25IN6O. The Morgan fingerprint density at radius 2 is 1.90 bits per heavy atom. The second-order valence-electron chi connectivity index (χ2n) is 7.12. The number of nitrogens with zero attached hydrogens (tertiary/aromatic N) is 3. The lowest BCUT2D eigenvalue weighted by Crippen LogP contribution is -2.22. The normalized spacial score (nSPS) is 12.7. The van der Waals surface area contributed by atoms with E-state index in [2.05, 4.69) is 32.9 Å². The Morgan fingerprint density at radius 1 is 1.07 bits per heavy atom. The number of guanidine groups is 1. The summed E-state index contributed by atoms with van der Waals surface area (Å²) >= 11 is 0. The van der Waals surface area contributed by atoms with Crippen molar-refractivity contribution in [3.63, 3.8) is 0 Å². The molecule has 1 amide bonds. The number of halogens is 1. The van der Waals surface area contributed by atoms with Gasteiger partial charge in [-0.15, -0.1) is 24.0 Å². The zero-order chi connectivity index (χ0) is 20.1. The van der Waals surface area contributed by atoms with E-state index in [-0.39, 0.29) is 36.4 Å². The van der Waals surface area contributed by atoms with E-state index in [1.807, 2.05) is 30.3 Å². The van der Waals surface area contributed by atoms with Crippen LogP contribution in [-0.4, -0.2) is 21.6 Å². The van der Waals surface area contributed by atoms with Gasteiger partial charge in [0.25, 0.3) is 0 Å². The van der Waals surface area contributed by atoms with E-state index < -0.39 is 0 Å². The van der Waals surface area contributed by atoms with Crippen LogP contribution in [0, 0.1) is 0 Å². The highest BCUT2D eigenvalue weighted by Gasteiger charge is 2.11. The number of benzene rings is 2. The van der Waals surface area contributed by atoms with Crippen LogP contribution in [-0.2, 0) is 30.7 Å². The molecule has 2 aromatic carbocycles. The smallest absolute Gasteiger partial charge is 0.246 e. The van der Waals surface area contributed by atoms with Crippen LogP contribution in [0.4, 0.5) is 11.4 Å². The van der Waals surface area contributed by atoms with Crippen molar-refractivity contribution in [3.8, 4) is 0 Å². The third-order valence-electron chi connectivity index (χ3n) is 4.88. The van der Waals surface area contributed by atoms with Crippen molar-refractivity contribution >= 4 is 47.2 Å². The van der Waals surface area contributed by atoms with Gasteiger partial charge in [0.1, 0.15) is 6.54 Å². The highest BCUT2D eigenvalue weighted by atomic mass is 127. The van der Waals surface area contributed by atoms with Crippen LogP contribution in [0.15, 0.2) is 65.9 Å². The number of amides is 1. The van der Waals surface area contributed by atoms with E-state index in [0.717, 1.165) is 29.8 Å². The quantitative estimate of drug-likeness (QED) is 0.265. The van der Waals surface area contributed by atoms with Crippen molar-refractivity contribution in [1.82, 2.24) is 9.78 Å². The molecule has 0 atom stereocenters. The van der Waals surface area contributed by atoms with E-state index in [0.29, 0.717) is 12.5 Å². The molecule has 0 saturated heterocycles. The van der Waals surface area contributed by atoms with Gasteiger partial charge in [-0.2, -0.15) is 5.10 Å². The molecule has 156 valence electrons. The molecular weight excluding hydrogens is 491 g/mol. The predicted octanol–water partition coefficient (Wildman–Crippen LogP) is 3.56.